The Morgan fingerprint density at radius 1 is 1.30 bits per heavy atom. The lowest BCUT2D eigenvalue weighted by molar-refractivity contribution is 0.100. The number of amides is 1. The summed E-state index contributed by atoms with van der Waals surface area (Å²) in [5.74, 6) is -0.298. The highest BCUT2D eigenvalue weighted by atomic mass is 35.5. The van der Waals surface area contributed by atoms with Crippen molar-refractivity contribution in [3.8, 4) is 0 Å². The number of H-pyrrole nitrogens is 1. The number of hydrogen-bond donors (Lipinski definition) is 4. The van der Waals surface area contributed by atoms with Crippen LogP contribution in [0.1, 0.15) is 10.4 Å². The first-order valence-corrected chi connectivity index (χ1v) is 6.50. The molecule has 2 aromatic rings. The highest BCUT2D eigenvalue weighted by Crippen LogP contribution is 2.25. The number of hydrogen-bond acceptors (Lipinski definition) is 3. The Labute approximate surface area is 129 Å². The molecule has 0 fully saturated rings. The van der Waals surface area contributed by atoms with Crippen LogP contribution in [0.4, 0.5) is 11.5 Å². The lowest BCUT2D eigenvalue weighted by atomic mass is 10.3. The molecular formula is C11H9Cl2N5OS. The average molecular weight is 330 g/mol. The van der Waals surface area contributed by atoms with Gasteiger partial charge in [0.1, 0.15) is 11.4 Å². The molecule has 0 aliphatic rings. The van der Waals surface area contributed by atoms with Crippen molar-refractivity contribution >= 4 is 57.9 Å². The van der Waals surface area contributed by atoms with Gasteiger partial charge < -0.3 is 16.4 Å². The SMILES string of the molecule is NC(=O)c1cn[nH]c1NC(=S)Nc1ccc(Cl)c(Cl)c1. The Morgan fingerprint density at radius 2 is 2.05 bits per heavy atom. The molecule has 0 unspecified atom stereocenters. The summed E-state index contributed by atoms with van der Waals surface area (Å²) in [5.41, 5.74) is 6.05. The van der Waals surface area contributed by atoms with E-state index in [1.165, 1.54) is 6.20 Å². The van der Waals surface area contributed by atoms with Crippen molar-refractivity contribution in [2.45, 2.75) is 0 Å². The summed E-state index contributed by atoms with van der Waals surface area (Å²) in [5, 5.41) is 13.1. The number of primary amides is 1. The second-order valence-electron chi connectivity index (χ2n) is 3.73. The minimum atomic E-state index is -0.612. The minimum absolute atomic E-state index is 0.211. The number of nitrogens with two attached hydrogens (primary N) is 1. The fourth-order valence-corrected chi connectivity index (χ4v) is 1.94. The molecule has 0 aliphatic carbocycles. The summed E-state index contributed by atoms with van der Waals surface area (Å²) < 4.78 is 0. The molecule has 104 valence electrons. The summed E-state index contributed by atoms with van der Waals surface area (Å²) in [6.45, 7) is 0. The summed E-state index contributed by atoms with van der Waals surface area (Å²) >= 11 is 16.8. The largest absolute Gasteiger partial charge is 0.365 e. The van der Waals surface area contributed by atoms with Gasteiger partial charge in [-0.25, -0.2) is 0 Å². The number of anilines is 2. The Hall–Kier alpha value is -1.83. The number of aromatic nitrogens is 2. The van der Waals surface area contributed by atoms with Crippen molar-refractivity contribution in [3.05, 3.63) is 40.0 Å². The lowest BCUT2D eigenvalue weighted by Crippen LogP contribution is -2.22. The molecule has 1 aromatic carbocycles. The molecule has 0 aliphatic heterocycles. The Bertz CT molecular complexity index is 673. The third-order valence-electron chi connectivity index (χ3n) is 2.32. The number of carbonyl (C=O) groups excluding carboxylic acids is 1. The third kappa shape index (κ3) is 3.38. The predicted octanol–water partition coefficient (Wildman–Crippen LogP) is 2.62. The maximum absolute atomic E-state index is 11.1. The first-order chi connectivity index (χ1) is 9.47. The van der Waals surface area contributed by atoms with Gasteiger partial charge in [0.2, 0.25) is 0 Å². The van der Waals surface area contributed by atoms with Crippen molar-refractivity contribution in [1.82, 2.24) is 10.2 Å². The van der Waals surface area contributed by atoms with E-state index in [0.717, 1.165) is 0 Å². The number of rotatable bonds is 3. The Kier molecular flexibility index (Phi) is 4.43. The standard InChI is InChI=1S/C11H9Cl2N5OS/c12-7-2-1-5(3-8(7)13)16-11(20)17-10-6(9(14)19)4-15-18-10/h1-4H,(H2,14,19)(H3,15,16,17,18,20). The number of nitrogens with one attached hydrogen (secondary N) is 3. The fourth-order valence-electron chi connectivity index (χ4n) is 1.42. The molecule has 6 nitrogen and oxygen atoms in total. The molecule has 2 rings (SSSR count). The summed E-state index contributed by atoms with van der Waals surface area (Å²) in [7, 11) is 0. The van der Waals surface area contributed by atoms with Crippen LogP contribution in [-0.4, -0.2) is 21.2 Å². The number of halogens is 2. The van der Waals surface area contributed by atoms with Crippen molar-refractivity contribution < 1.29 is 4.79 Å². The molecule has 20 heavy (non-hydrogen) atoms. The maximum Gasteiger partial charge on any atom is 0.254 e. The van der Waals surface area contributed by atoms with Crippen LogP contribution in [-0.2, 0) is 0 Å². The van der Waals surface area contributed by atoms with Gasteiger partial charge in [-0.05, 0) is 30.4 Å². The third-order valence-corrected chi connectivity index (χ3v) is 3.26. The lowest BCUT2D eigenvalue weighted by Gasteiger charge is -2.10. The molecule has 9 heteroatoms. The molecule has 0 saturated heterocycles. The van der Waals surface area contributed by atoms with Crippen LogP contribution in [0.2, 0.25) is 10.0 Å². The van der Waals surface area contributed by atoms with E-state index in [2.05, 4.69) is 20.8 Å². The van der Waals surface area contributed by atoms with Gasteiger partial charge in [-0.2, -0.15) is 5.10 Å². The van der Waals surface area contributed by atoms with Crippen molar-refractivity contribution in [1.29, 1.82) is 0 Å². The summed E-state index contributed by atoms with van der Waals surface area (Å²) in [6.07, 6.45) is 1.31. The number of nitrogens with zero attached hydrogens (tertiary/aromatic N) is 1. The molecule has 0 saturated carbocycles. The zero-order valence-electron chi connectivity index (χ0n) is 9.91. The van der Waals surface area contributed by atoms with Crippen LogP contribution >= 0.6 is 35.4 Å². The Morgan fingerprint density at radius 3 is 2.70 bits per heavy atom. The molecule has 0 spiro atoms. The molecule has 1 heterocycles. The average Bonchev–Trinajstić information content (AvgIpc) is 2.82. The van der Waals surface area contributed by atoms with Gasteiger partial charge >= 0.3 is 0 Å². The van der Waals surface area contributed by atoms with E-state index in [1.54, 1.807) is 18.2 Å². The minimum Gasteiger partial charge on any atom is -0.365 e. The van der Waals surface area contributed by atoms with Gasteiger partial charge in [0, 0.05) is 5.69 Å². The number of thiocarbonyl (C=S) groups is 1. The van der Waals surface area contributed by atoms with Crippen molar-refractivity contribution in [2.75, 3.05) is 10.6 Å². The van der Waals surface area contributed by atoms with Gasteiger partial charge in [0.15, 0.2) is 5.11 Å². The zero-order chi connectivity index (χ0) is 14.7. The maximum atomic E-state index is 11.1. The van der Waals surface area contributed by atoms with E-state index in [0.29, 0.717) is 21.6 Å². The number of aromatic amines is 1. The van der Waals surface area contributed by atoms with Gasteiger partial charge in [-0.1, -0.05) is 23.2 Å². The van der Waals surface area contributed by atoms with E-state index in [-0.39, 0.29) is 10.7 Å². The molecule has 1 aromatic heterocycles. The fraction of sp³-hybridized carbons (Fsp3) is 0. The molecule has 1 amide bonds. The molecular weight excluding hydrogens is 321 g/mol. The number of benzene rings is 1. The van der Waals surface area contributed by atoms with Crippen LogP contribution in [0.15, 0.2) is 24.4 Å². The van der Waals surface area contributed by atoms with Gasteiger partial charge in [-0.15, -0.1) is 0 Å². The smallest absolute Gasteiger partial charge is 0.254 e. The van der Waals surface area contributed by atoms with Gasteiger partial charge in [-0.3, -0.25) is 9.89 Å². The van der Waals surface area contributed by atoms with E-state index < -0.39 is 5.91 Å². The molecule has 0 bridgehead atoms. The predicted molar refractivity (Wildman–Crippen MR) is 83.4 cm³/mol. The second kappa shape index (κ2) is 6.08. The van der Waals surface area contributed by atoms with Crippen molar-refractivity contribution in [3.63, 3.8) is 0 Å². The van der Waals surface area contributed by atoms with Crippen LogP contribution in [0.25, 0.3) is 0 Å². The van der Waals surface area contributed by atoms with Gasteiger partial charge in [0.05, 0.1) is 16.2 Å². The number of carbonyl (C=O) groups is 1. The zero-order valence-corrected chi connectivity index (χ0v) is 12.2. The molecule has 0 atom stereocenters. The van der Waals surface area contributed by atoms with E-state index in [4.69, 9.17) is 41.2 Å². The van der Waals surface area contributed by atoms with Crippen LogP contribution in [0.5, 0.6) is 0 Å². The summed E-state index contributed by atoms with van der Waals surface area (Å²) in [4.78, 5) is 11.1. The topological polar surface area (TPSA) is 95.8 Å². The van der Waals surface area contributed by atoms with E-state index in [1.807, 2.05) is 0 Å². The quantitative estimate of drug-likeness (QED) is 0.649. The monoisotopic (exact) mass is 329 g/mol. The first kappa shape index (κ1) is 14.6. The molecule has 5 N–H and O–H groups in total. The van der Waals surface area contributed by atoms with Crippen LogP contribution in [0, 0.1) is 0 Å². The van der Waals surface area contributed by atoms with Crippen molar-refractivity contribution in [2.24, 2.45) is 5.73 Å². The van der Waals surface area contributed by atoms with E-state index >= 15 is 0 Å². The van der Waals surface area contributed by atoms with Crippen LogP contribution in [0.3, 0.4) is 0 Å². The Balaban J connectivity index is 2.07. The normalized spacial score (nSPS) is 10.1. The second-order valence-corrected chi connectivity index (χ2v) is 4.95. The highest BCUT2D eigenvalue weighted by molar-refractivity contribution is 7.80. The van der Waals surface area contributed by atoms with Gasteiger partial charge in [0.25, 0.3) is 5.91 Å². The first-order valence-electron chi connectivity index (χ1n) is 5.33. The summed E-state index contributed by atoms with van der Waals surface area (Å²) in [6, 6.07) is 4.98. The molecule has 0 radical (unpaired) electrons. The van der Waals surface area contributed by atoms with E-state index in [9.17, 15) is 4.79 Å². The van der Waals surface area contributed by atoms with Crippen LogP contribution < -0.4 is 16.4 Å². The highest BCUT2D eigenvalue weighted by Gasteiger charge is 2.11.